The number of allylic oxidation sites excluding steroid dienone is 1. The van der Waals surface area contributed by atoms with Crippen LogP contribution in [0, 0.1) is 0 Å². The maximum atomic E-state index is 11.9. The summed E-state index contributed by atoms with van der Waals surface area (Å²) in [5.74, 6) is 0.341. The van der Waals surface area contributed by atoms with Gasteiger partial charge in [0.25, 0.3) is 0 Å². The van der Waals surface area contributed by atoms with Gasteiger partial charge in [-0.25, -0.2) is 14.2 Å². The molecule has 88 valence electrons. The molecule has 1 rings (SSSR count). The van der Waals surface area contributed by atoms with Crippen molar-refractivity contribution in [3.05, 3.63) is 33.1 Å². The topological polar surface area (TPSA) is 60.1 Å². The summed E-state index contributed by atoms with van der Waals surface area (Å²) in [7, 11) is 5.04. The zero-order chi connectivity index (χ0) is 12.5. The highest BCUT2D eigenvalue weighted by Crippen LogP contribution is 1.98. The van der Waals surface area contributed by atoms with Crippen LogP contribution in [-0.4, -0.2) is 28.2 Å². The van der Waals surface area contributed by atoms with Gasteiger partial charge in [-0.3, -0.25) is 4.57 Å². The average molecular weight is 224 g/mol. The van der Waals surface area contributed by atoms with Gasteiger partial charge < -0.3 is 4.90 Å². The van der Waals surface area contributed by atoms with E-state index in [0.717, 1.165) is 10.1 Å². The third kappa shape index (κ3) is 2.21. The van der Waals surface area contributed by atoms with E-state index in [1.165, 1.54) is 4.57 Å². The zero-order valence-corrected chi connectivity index (χ0v) is 10.0. The van der Waals surface area contributed by atoms with E-state index in [9.17, 15) is 9.59 Å². The molecule has 1 aromatic heterocycles. The summed E-state index contributed by atoms with van der Waals surface area (Å²) in [6, 6.07) is 0. The van der Waals surface area contributed by atoms with Crippen LogP contribution in [0.1, 0.15) is 6.92 Å². The highest BCUT2D eigenvalue weighted by Gasteiger charge is 2.11. The van der Waals surface area contributed by atoms with Gasteiger partial charge in [-0.15, -0.1) is 0 Å². The number of aromatic nitrogens is 3. The Labute approximate surface area is 93.5 Å². The summed E-state index contributed by atoms with van der Waals surface area (Å²) in [5, 5.41) is 0. The highest BCUT2D eigenvalue weighted by molar-refractivity contribution is 5.25. The van der Waals surface area contributed by atoms with E-state index >= 15 is 0 Å². The lowest BCUT2D eigenvalue weighted by atomic mass is 10.3. The molecule has 0 spiro atoms. The molecule has 6 nitrogen and oxygen atoms in total. The minimum absolute atomic E-state index is 0.201. The smallest absolute Gasteiger partial charge is 0.348 e. The molecule has 6 heteroatoms. The predicted octanol–water partition coefficient (Wildman–Crippen LogP) is -0.416. The van der Waals surface area contributed by atoms with Gasteiger partial charge in [0.05, 0.1) is 6.54 Å². The first-order valence-electron chi connectivity index (χ1n) is 4.84. The lowest BCUT2D eigenvalue weighted by Gasteiger charge is -2.15. The second-order valence-electron chi connectivity index (χ2n) is 3.97. The van der Waals surface area contributed by atoms with Crippen LogP contribution < -0.4 is 16.3 Å². The van der Waals surface area contributed by atoms with Crippen LogP contribution >= 0.6 is 0 Å². The van der Waals surface area contributed by atoms with Crippen molar-refractivity contribution in [3.8, 4) is 0 Å². The summed E-state index contributed by atoms with van der Waals surface area (Å²) >= 11 is 0. The van der Waals surface area contributed by atoms with E-state index in [0.29, 0.717) is 5.95 Å². The van der Waals surface area contributed by atoms with Gasteiger partial charge in [-0.05, 0) is 6.92 Å². The molecule has 0 N–H and O–H groups in total. The SMILES string of the molecule is C=C(C)Cn1c(=O)nc(N(C)C)n(C)c1=O. The van der Waals surface area contributed by atoms with Crippen molar-refractivity contribution in [3.63, 3.8) is 0 Å². The molecule has 1 aromatic rings. The van der Waals surface area contributed by atoms with Crippen LogP contribution in [0.25, 0.3) is 0 Å². The number of anilines is 1. The Morgan fingerprint density at radius 1 is 1.44 bits per heavy atom. The number of hydrogen-bond acceptors (Lipinski definition) is 4. The van der Waals surface area contributed by atoms with Crippen molar-refractivity contribution in [1.29, 1.82) is 0 Å². The summed E-state index contributed by atoms with van der Waals surface area (Å²) < 4.78 is 2.40. The molecule has 16 heavy (non-hydrogen) atoms. The lowest BCUT2D eigenvalue weighted by Crippen LogP contribution is -2.43. The van der Waals surface area contributed by atoms with Crippen molar-refractivity contribution in [1.82, 2.24) is 14.1 Å². The van der Waals surface area contributed by atoms with E-state index in [1.54, 1.807) is 33.0 Å². The second-order valence-corrected chi connectivity index (χ2v) is 3.97. The Hall–Kier alpha value is -1.85. The molecule has 0 aliphatic rings. The van der Waals surface area contributed by atoms with Crippen molar-refractivity contribution in [2.24, 2.45) is 7.05 Å². The van der Waals surface area contributed by atoms with E-state index in [4.69, 9.17) is 0 Å². The van der Waals surface area contributed by atoms with E-state index in [1.807, 2.05) is 0 Å². The standard InChI is InChI=1S/C10H16N4O2/c1-7(2)6-14-9(15)11-8(12(3)4)13(5)10(14)16/h1,6H2,2-5H3. The predicted molar refractivity (Wildman–Crippen MR) is 62.9 cm³/mol. The molecule has 0 aliphatic heterocycles. The zero-order valence-electron chi connectivity index (χ0n) is 10.0. The normalized spacial score (nSPS) is 10.2. The number of rotatable bonds is 3. The summed E-state index contributed by atoms with van der Waals surface area (Å²) in [4.78, 5) is 29.0. The Morgan fingerprint density at radius 3 is 2.44 bits per heavy atom. The lowest BCUT2D eigenvalue weighted by molar-refractivity contribution is 0.599. The Kier molecular flexibility index (Phi) is 3.31. The molecule has 1 heterocycles. The van der Waals surface area contributed by atoms with Gasteiger partial charge in [-0.1, -0.05) is 12.2 Å². The molecule has 0 bridgehead atoms. The molecule has 0 saturated carbocycles. The molecular weight excluding hydrogens is 208 g/mol. The molecule has 0 radical (unpaired) electrons. The third-order valence-corrected chi connectivity index (χ3v) is 2.07. The van der Waals surface area contributed by atoms with Crippen LogP contribution in [-0.2, 0) is 13.6 Å². The molecule has 0 fully saturated rings. The fourth-order valence-corrected chi connectivity index (χ4v) is 1.37. The van der Waals surface area contributed by atoms with E-state index < -0.39 is 5.69 Å². The fourth-order valence-electron chi connectivity index (χ4n) is 1.37. The second kappa shape index (κ2) is 4.34. The first-order chi connectivity index (χ1) is 7.34. The molecule has 0 amide bonds. The van der Waals surface area contributed by atoms with E-state index in [2.05, 4.69) is 11.6 Å². The van der Waals surface area contributed by atoms with Crippen LogP contribution in [0.3, 0.4) is 0 Å². The van der Waals surface area contributed by atoms with Crippen LogP contribution in [0.2, 0.25) is 0 Å². The molecule has 0 atom stereocenters. The first-order valence-corrected chi connectivity index (χ1v) is 4.84. The largest absolute Gasteiger partial charge is 0.355 e. The maximum Gasteiger partial charge on any atom is 0.355 e. The van der Waals surface area contributed by atoms with Gasteiger partial charge in [0.15, 0.2) is 0 Å². The van der Waals surface area contributed by atoms with Crippen molar-refractivity contribution >= 4 is 5.95 Å². The third-order valence-electron chi connectivity index (χ3n) is 2.07. The van der Waals surface area contributed by atoms with Crippen LogP contribution in [0.5, 0.6) is 0 Å². The Balaban J connectivity index is 3.47. The van der Waals surface area contributed by atoms with Crippen molar-refractivity contribution < 1.29 is 0 Å². The molecule has 0 aliphatic carbocycles. The first kappa shape index (κ1) is 12.2. The van der Waals surface area contributed by atoms with Crippen LogP contribution in [0.4, 0.5) is 5.95 Å². The van der Waals surface area contributed by atoms with Gasteiger partial charge in [0.1, 0.15) is 0 Å². The molecular formula is C10H16N4O2. The summed E-state index contributed by atoms with van der Waals surface area (Å²) in [6.07, 6.45) is 0. The minimum Gasteiger partial charge on any atom is -0.348 e. The van der Waals surface area contributed by atoms with Gasteiger partial charge in [0.2, 0.25) is 5.95 Å². The summed E-state index contributed by atoms with van der Waals surface area (Å²) in [5.41, 5.74) is -0.194. The Bertz CT molecular complexity index is 525. The van der Waals surface area contributed by atoms with E-state index in [-0.39, 0.29) is 12.2 Å². The quantitative estimate of drug-likeness (QED) is 0.654. The minimum atomic E-state index is -0.546. The number of nitrogens with zero attached hydrogens (tertiary/aromatic N) is 4. The maximum absolute atomic E-state index is 11.9. The number of hydrogen-bond donors (Lipinski definition) is 0. The Morgan fingerprint density at radius 2 is 2.00 bits per heavy atom. The van der Waals surface area contributed by atoms with Gasteiger partial charge in [0, 0.05) is 21.1 Å². The van der Waals surface area contributed by atoms with Crippen molar-refractivity contribution in [2.75, 3.05) is 19.0 Å². The fraction of sp³-hybridized carbons (Fsp3) is 0.500. The van der Waals surface area contributed by atoms with Gasteiger partial charge >= 0.3 is 11.4 Å². The van der Waals surface area contributed by atoms with Crippen molar-refractivity contribution in [2.45, 2.75) is 13.5 Å². The van der Waals surface area contributed by atoms with Gasteiger partial charge in [-0.2, -0.15) is 4.98 Å². The summed E-state index contributed by atoms with van der Waals surface area (Å²) in [6.45, 7) is 5.63. The van der Waals surface area contributed by atoms with Crippen LogP contribution in [0.15, 0.2) is 21.7 Å². The highest BCUT2D eigenvalue weighted by atomic mass is 16.2. The average Bonchev–Trinajstić information content (AvgIpc) is 2.17. The molecule has 0 unspecified atom stereocenters. The monoisotopic (exact) mass is 224 g/mol. The molecule has 0 saturated heterocycles. The molecule has 0 aromatic carbocycles.